The van der Waals surface area contributed by atoms with E-state index in [1.807, 2.05) is 92.6 Å². The molecule has 0 spiro atoms. The minimum Gasteiger partial charge on any atom is -0.462 e. The number of hydrogen-bond acceptors (Lipinski definition) is 15. The van der Waals surface area contributed by atoms with Crippen molar-refractivity contribution < 1.29 is 107 Å². The number of halogens is 9. The summed E-state index contributed by atoms with van der Waals surface area (Å²) in [5, 5.41) is 38.8. The van der Waals surface area contributed by atoms with Crippen molar-refractivity contribution in [2.75, 3.05) is 6.61 Å². The van der Waals surface area contributed by atoms with Gasteiger partial charge in [-0.1, -0.05) is 154 Å². The van der Waals surface area contributed by atoms with Gasteiger partial charge < -0.3 is 48.5 Å². The van der Waals surface area contributed by atoms with E-state index in [1.165, 1.54) is 30.5 Å². The fraction of sp³-hybridized carbons (Fsp3) is 0.670. The number of nitriles is 1. The summed E-state index contributed by atoms with van der Waals surface area (Å²) >= 11 is 0. The number of alkyl halides is 9. The Labute approximate surface area is 657 Å². The third kappa shape index (κ3) is 21.6. The standard InChI is InChI=1S/C18H28F6O4.C18H26O2.C15H19NO4.C13H17F3O.C13H18O3.C11H14/c1-6-14(2,3)13(25)28-12-8-10(15(4,26)17(19,20)21)7-11(9-12)16(5,27)18(22,23)24;1-4-17(2,3)16(19)20-18(13-9-6-10-14-18)15-11-7-5-8-12-15;1-4-14(2,3)12(17)19-10-8-5-9-11(10)20-13(18)15(9,6-8)7-16;1-4-9(2)10-5-7-11(8-6-10)12(3,17)13(14,15)16;1-4-9(3)10-6-7-11-12(8-10)16-13(15-11)14-5-2;1-8-7-10-5-3-4-6-11(10)9(8)2/h10-12,26-27H,6-9H2,1-5H3;5,7-8,11-12H,4,6,9-10,13-14H2,1-3H3;8-11H,4-6H2,1-3H3;5-9,17H,4H2,1-3H3;6-9,13H,4-5H2,1-3H3;3-6,8-9H,7H2,1-2H3. The highest BCUT2D eigenvalue weighted by molar-refractivity contribution is 5.85. The van der Waals surface area contributed by atoms with Crippen LogP contribution in [0.3, 0.4) is 0 Å². The Morgan fingerprint density at radius 3 is 1.57 bits per heavy atom. The number of benzene rings is 4. The summed E-state index contributed by atoms with van der Waals surface area (Å²) in [5.41, 5.74) is -6.24. The lowest BCUT2D eigenvalue weighted by Crippen LogP contribution is -2.57. The first-order valence-electron chi connectivity index (χ1n) is 39.8. The molecule has 3 N–H and O–H groups in total. The van der Waals surface area contributed by atoms with Gasteiger partial charge in [-0.2, -0.15) is 44.8 Å². The van der Waals surface area contributed by atoms with Gasteiger partial charge in [0.2, 0.25) is 0 Å². The maximum absolute atomic E-state index is 13.3. The highest BCUT2D eigenvalue weighted by Gasteiger charge is 2.72. The van der Waals surface area contributed by atoms with Crippen LogP contribution < -0.4 is 9.47 Å². The number of carbonyl (C=O) groups excluding carboxylic acids is 4. The van der Waals surface area contributed by atoms with Crippen LogP contribution in [-0.2, 0) is 60.5 Å². The Hall–Kier alpha value is -6.94. The molecule has 2 heterocycles. The zero-order valence-electron chi connectivity index (χ0n) is 68.9. The summed E-state index contributed by atoms with van der Waals surface area (Å²) < 4.78 is 156. The van der Waals surface area contributed by atoms with Crippen LogP contribution in [0.1, 0.15) is 279 Å². The molecule has 4 aromatic rings. The maximum atomic E-state index is 13.3. The molecule has 15 unspecified atom stereocenters. The van der Waals surface area contributed by atoms with Crippen molar-refractivity contribution in [1.82, 2.24) is 0 Å². The summed E-state index contributed by atoms with van der Waals surface area (Å²) in [6.07, 6.45) is -6.78. The number of nitrogens with zero attached hydrogens (tertiary/aromatic N) is 1. The van der Waals surface area contributed by atoms with Crippen LogP contribution in [0.2, 0.25) is 0 Å². The third-order valence-corrected chi connectivity index (χ3v) is 25.3. The summed E-state index contributed by atoms with van der Waals surface area (Å²) in [5.74, 6) is -0.858. The molecule has 15 atom stereocenters. The predicted molar refractivity (Wildman–Crippen MR) is 408 cm³/mol. The molecule has 24 heteroatoms. The van der Waals surface area contributed by atoms with Crippen LogP contribution in [0.4, 0.5) is 39.5 Å². The number of esters is 4. The Balaban J connectivity index is 0.000000213. The normalized spacial score (nSPS) is 26.2. The molecule has 7 aliphatic rings. The number of rotatable bonds is 19. The van der Waals surface area contributed by atoms with Gasteiger partial charge in [0.1, 0.15) is 23.9 Å². The number of fused-ring (bicyclic) bond motifs is 3. The predicted octanol–water partition coefficient (Wildman–Crippen LogP) is 21.3. The molecule has 2 bridgehead atoms. The van der Waals surface area contributed by atoms with Gasteiger partial charge in [0.25, 0.3) is 0 Å². The second kappa shape index (κ2) is 37.3. The van der Waals surface area contributed by atoms with E-state index in [1.54, 1.807) is 44.0 Å². The third-order valence-electron chi connectivity index (χ3n) is 25.3. The summed E-state index contributed by atoms with van der Waals surface area (Å²) in [7, 11) is 0. The summed E-state index contributed by atoms with van der Waals surface area (Å²) in [6, 6.07) is 33.3. The van der Waals surface area contributed by atoms with Gasteiger partial charge in [0.05, 0.1) is 28.9 Å². The Kier molecular flexibility index (Phi) is 31.3. The molecular formula is C88H122F9NO14. The molecule has 626 valence electrons. The monoisotopic (exact) mass is 1590 g/mol. The van der Waals surface area contributed by atoms with Crippen molar-refractivity contribution in [1.29, 1.82) is 5.26 Å². The Morgan fingerprint density at radius 2 is 1.08 bits per heavy atom. The van der Waals surface area contributed by atoms with Gasteiger partial charge in [0.15, 0.2) is 33.7 Å². The summed E-state index contributed by atoms with van der Waals surface area (Å²) in [4.78, 5) is 49.0. The average molecular weight is 1590 g/mol. The van der Waals surface area contributed by atoms with E-state index >= 15 is 0 Å². The lowest BCUT2D eigenvalue weighted by Gasteiger charge is -2.46. The Bertz CT molecular complexity index is 3750. The molecule has 1 saturated heterocycles. The van der Waals surface area contributed by atoms with Crippen molar-refractivity contribution in [2.24, 2.45) is 51.2 Å². The molecule has 0 amide bonds. The first-order chi connectivity index (χ1) is 51.9. The fourth-order valence-electron chi connectivity index (χ4n) is 14.9. The van der Waals surface area contributed by atoms with Gasteiger partial charge in [-0.05, 0) is 235 Å². The van der Waals surface area contributed by atoms with E-state index in [2.05, 4.69) is 76.2 Å². The molecule has 5 fully saturated rings. The first-order valence-corrected chi connectivity index (χ1v) is 39.8. The fourth-order valence-corrected chi connectivity index (χ4v) is 14.9. The molecule has 4 aromatic carbocycles. The highest BCUT2D eigenvalue weighted by atomic mass is 19.4. The zero-order valence-corrected chi connectivity index (χ0v) is 68.9. The molecule has 2 aliphatic heterocycles. The molecular weight excluding hydrogens is 1470 g/mol. The van der Waals surface area contributed by atoms with Crippen LogP contribution >= 0.6 is 0 Å². The van der Waals surface area contributed by atoms with Gasteiger partial charge in [-0.15, -0.1) is 0 Å². The van der Waals surface area contributed by atoms with E-state index in [0.717, 1.165) is 92.8 Å². The second-order valence-corrected chi connectivity index (χ2v) is 34.2. The average Bonchev–Trinajstić information content (AvgIpc) is 1.54. The van der Waals surface area contributed by atoms with Crippen molar-refractivity contribution in [3.8, 4) is 17.6 Å². The maximum Gasteiger partial charge on any atom is 0.421 e. The van der Waals surface area contributed by atoms with Crippen LogP contribution in [-0.4, -0.2) is 100 Å². The smallest absolute Gasteiger partial charge is 0.421 e. The minimum absolute atomic E-state index is 0.0641. The Morgan fingerprint density at radius 1 is 0.589 bits per heavy atom. The largest absolute Gasteiger partial charge is 0.462 e. The number of ether oxygens (including phenoxy) is 7. The van der Waals surface area contributed by atoms with Crippen LogP contribution in [0.5, 0.6) is 11.5 Å². The van der Waals surface area contributed by atoms with Crippen LogP contribution in [0.15, 0.2) is 97.1 Å². The van der Waals surface area contributed by atoms with E-state index in [-0.39, 0.29) is 35.4 Å². The van der Waals surface area contributed by atoms with Crippen molar-refractivity contribution in [3.63, 3.8) is 0 Å². The quantitative estimate of drug-likeness (QED) is 0.0452. The van der Waals surface area contributed by atoms with E-state index in [0.29, 0.717) is 51.6 Å². The van der Waals surface area contributed by atoms with E-state index < -0.39 is 124 Å². The molecule has 15 nitrogen and oxygen atoms in total. The van der Waals surface area contributed by atoms with Crippen LogP contribution in [0, 0.1) is 62.6 Å². The topological polar surface area (TPSA) is 217 Å². The zero-order chi connectivity index (χ0) is 84.3. The molecule has 11 rings (SSSR count). The molecule has 4 saturated carbocycles. The van der Waals surface area contributed by atoms with Crippen LogP contribution in [0.25, 0.3) is 0 Å². The SMILES string of the molecule is CC1Cc2ccccc2C1C.CCC(C)(C)C(=O)OC1(c2ccccc2)CCCCC1.CCC(C)(C)C(=O)OC1C2CC3C1OC(=O)C3(C#N)C2.CCC(C)(C)C(=O)OC1CC(C(C)(O)C(F)(F)F)CC(C(C)(O)C(F)(F)F)C1.CCC(C)c1ccc(C(C)(O)C(F)(F)F)cc1.CCOC1Oc2ccc(C(C)CC)cc2O1. The number of carbonyl (C=O) groups is 4. The lowest BCUT2D eigenvalue weighted by atomic mass is 9.67. The van der Waals surface area contributed by atoms with Crippen molar-refractivity contribution >= 4 is 23.9 Å². The van der Waals surface area contributed by atoms with E-state index in [4.69, 9.17) is 33.2 Å². The van der Waals surface area contributed by atoms with E-state index in [9.17, 15) is 79.3 Å². The number of aliphatic hydroxyl groups is 3. The van der Waals surface area contributed by atoms with Crippen molar-refractivity contribution in [3.05, 3.63) is 130 Å². The minimum atomic E-state index is -5.10. The van der Waals surface area contributed by atoms with Gasteiger partial charge in [0, 0.05) is 23.7 Å². The molecule has 0 aromatic heterocycles. The van der Waals surface area contributed by atoms with Crippen molar-refractivity contribution in [2.45, 2.75) is 318 Å². The first kappa shape index (κ1) is 93.9. The summed E-state index contributed by atoms with van der Waals surface area (Å²) in [6.45, 7) is 33.1. The van der Waals surface area contributed by atoms with Gasteiger partial charge >= 0.3 is 48.9 Å². The molecule has 112 heavy (non-hydrogen) atoms. The highest BCUT2D eigenvalue weighted by Crippen LogP contribution is 2.62. The van der Waals surface area contributed by atoms with Gasteiger partial charge in [-0.25, -0.2) is 0 Å². The lowest BCUT2D eigenvalue weighted by molar-refractivity contribution is -0.299. The number of hydrogen-bond donors (Lipinski definition) is 3. The molecule has 5 aliphatic carbocycles. The molecule has 0 radical (unpaired) electrons. The second-order valence-electron chi connectivity index (χ2n) is 34.2. The van der Waals surface area contributed by atoms with Gasteiger partial charge in [-0.3, -0.25) is 19.2 Å².